The molecule has 1 aromatic carbocycles. The number of halogens is 1. The molecule has 0 aliphatic carbocycles. The van der Waals surface area contributed by atoms with Gasteiger partial charge in [0.05, 0.1) is 8.49 Å². The van der Waals surface area contributed by atoms with Gasteiger partial charge in [0.15, 0.2) is 6.20 Å². The van der Waals surface area contributed by atoms with Crippen LogP contribution in [0.5, 0.6) is 0 Å². The lowest BCUT2D eigenvalue weighted by atomic mass is 10.2. The monoisotopic (exact) mass is 316 g/mol. The van der Waals surface area contributed by atoms with Crippen molar-refractivity contribution in [3.05, 3.63) is 49.4 Å². The van der Waals surface area contributed by atoms with Gasteiger partial charge in [-0.25, -0.2) is 0 Å². The number of aromatic nitrogens is 1. The van der Waals surface area contributed by atoms with E-state index in [4.69, 9.17) is 0 Å². The van der Waals surface area contributed by atoms with E-state index in [0.29, 0.717) is 19.2 Å². The molecule has 76 valence electrons. The summed E-state index contributed by atoms with van der Waals surface area (Å²) in [5.41, 5.74) is 0.294. The number of nitro groups is 1. The molecule has 0 atom stereocenters. The lowest BCUT2D eigenvalue weighted by Gasteiger charge is -2.02. The minimum absolute atomic E-state index is 0.0457. The molecule has 15 heavy (non-hydrogen) atoms. The predicted molar refractivity (Wildman–Crippen MR) is 62.3 cm³/mol. The molecule has 0 N–H and O–H groups in total. The van der Waals surface area contributed by atoms with Crippen molar-refractivity contribution in [3.8, 4) is 0 Å². The van der Waals surface area contributed by atoms with Gasteiger partial charge in [-0.3, -0.25) is 10.1 Å². The van der Waals surface area contributed by atoms with Gasteiger partial charge in [0.2, 0.25) is 5.52 Å². The highest BCUT2D eigenvalue weighted by atomic mass is 127. The Kier molecular flexibility index (Phi) is 2.43. The fraction of sp³-hybridized carbons (Fsp3) is 0. The third kappa shape index (κ3) is 1.60. The van der Waals surface area contributed by atoms with Gasteiger partial charge in [-0.1, -0.05) is 0 Å². The van der Waals surface area contributed by atoms with Gasteiger partial charge >= 0.3 is 0 Å². The average Bonchev–Trinajstić information content (AvgIpc) is 2.17. The summed E-state index contributed by atoms with van der Waals surface area (Å²) in [4.78, 5) is 10.2. The molecule has 2 rings (SSSR count). The fourth-order valence-electron chi connectivity index (χ4n) is 1.41. The van der Waals surface area contributed by atoms with Gasteiger partial charge in [0, 0.05) is 12.1 Å². The first kappa shape index (κ1) is 10.1. The van der Waals surface area contributed by atoms with Crippen LogP contribution in [0.25, 0.3) is 10.9 Å². The number of fused-ring (bicyclic) bond motifs is 1. The first-order valence-electron chi connectivity index (χ1n) is 4.06. The normalized spacial score (nSPS) is 10.5. The van der Waals surface area contributed by atoms with E-state index in [1.54, 1.807) is 12.1 Å². The van der Waals surface area contributed by atoms with Crippen LogP contribution in [0.2, 0.25) is 0 Å². The van der Waals surface area contributed by atoms with Gasteiger partial charge < -0.3 is 5.21 Å². The summed E-state index contributed by atoms with van der Waals surface area (Å²) in [5, 5.41) is 22.6. The largest absolute Gasteiger partial charge is 0.618 e. The number of benzene rings is 1. The fourth-order valence-corrected chi connectivity index (χ4v) is 2.12. The summed E-state index contributed by atoms with van der Waals surface area (Å²) in [5.74, 6) is 0. The summed E-state index contributed by atoms with van der Waals surface area (Å²) in [6.07, 6.45) is 1.33. The molecule has 1 heterocycles. The first-order chi connectivity index (χ1) is 7.11. The summed E-state index contributed by atoms with van der Waals surface area (Å²) >= 11 is 1.98. The molecule has 0 fully saturated rings. The van der Waals surface area contributed by atoms with E-state index in [0.717, 1.165) is 0 Å². The maximum atomic E-state index is 11.5. The Morgan fingerprint density at radius 3 is 2.73 bits per heavy atom. The highest BCUT2D eigenvalue weighted by molar-refractivity contribution is 14.1. The summed E-state index contributed by atoms with van der Waals surface area (Å²) in [6.45, 7) is 0. The SMILES string of the molecule is O=[N+]([O-])c1ccc(I)c2c1ccc[n+]2[O-]. The van der Waals surface area contributed by atoms with Crippen molar-refractivity contribution in [1.29, 1.82) is 0 Å². The second-order valence-corrected chi connectivity index (χ2v) is 4.08. The van der Waals surface area contributed by atoms with Crippen LogP contribution in [0, 0.1) is 18.9 Å². The van der Waals surface area contributed by atoms with E-state index in [1.165, 1.54) is 18.3 Å². The quantitative estimate of drug-likeness (QED) is 0.266. The second-order valence-electron chi connectivity index (χ2n) is 2.92. The zero-order valence-electron chi connectivity index (χ0n) is 7.38. The Balaban J connectivity index is 2.95. The molecule has 0 spiro atoms. The maximum Gasteiger partial charge on any atom is 0.283 e. The van der Waals surface area contributed by atoms with E-state index < -0.39 is 4.92 Å². The Morgan fingerprint density at radius 2 is 2.07 bits per heavy atom. The molecular weight excluding hydrogens is 311 g/mol. The van der Waals surface area contributed by atoms with Crippen LogP contribution in [0.1, 0.15) is 0 Å². The maximum absolute atomic E-state index is 11.5. The molecule has 0 amide bonds. The summed E-state index contributed by atoms with van der Waals surface area (Å²) in [7, 11) is 0. The Bertz CT molecular complexity index is 548. The van der Waals surface area contributed by atoms with E-state index in [9.17, 15) is 15.3 Å². The van der Waals surface area contributed by atoms with Crippen LogP contribution in [0.15, 0.2) is 30.5 Å². The second kappa shape index (κ2) is 3.61. The third-order valence-electron chi connectivity index (χ3n) is 2.05. The first-order valence-corrected chi connectivity index (χ1v) is 5.14. The number of hydrogen-bond donors (Lipinski definition) is 0. The third-order valence-corrected chi connectivity index (χ3v) is 2.92. The molecule has 0 saturated heterocycles. The molecule has 2 aromatic rings. The molecule has 0 saturated carbocycles. The van der Waals surface area contributed by atoms with Gasteiger partial charge in [-0.15, -0.1) is 0 Å². The van der Waals surface area contributed by atoms with E-state index in [1.807, 2.05) is 22.6 Å². The van der Waals surface area contributed by atoms with Crippen molar-refractivity contribution in [2.24, 2.45) is 0 Å². The minimum atomic E-state index is -0.488. The van der Waals surface area contributed by atoms with Crippen molar-refractivity contribution < 1.29 is 9.65 Å². The number of hydrogen-bond acceptors (Lipinski definition) is 3. The van der Waals surface area contributed by atoms with Gasteiger partial charge in [0.1, 0.15) is 5.39 Å². The molecule has 0 unspecified atom stereocenters. The number of non-ortho nitro benzene ring substituents is 1. The zero-order valence-corrected chi connectivity index (χ0v) is 9.54. The van der Waals surface area contributed by atoms with E-state index in [2.05, 4.69) is 0 Å². The van der Waals surface area contributed by atoms with Crippen molar-refractivity contribution in [2.45, 2.75) is 0 Å². The van der Waals surface area contributed by atoms with Crippen LogP contribution < -0.4 is 4.73 Å². The number of pyridine rings is 1. The van der Waals surface area contributed by atoms with Crippen LogP contribution >= 0.6 is 22.6 Å². The molecular formula is C9H5IN2O3. The zero-order chi connectivity index (χ0) is 11.0. The Morgan fingerprint density at radius 1 is 1.33 bits per heavy atom. The van der Waals surface area contributed by atoms with Crippen molar-refractivity contribution in [3.63, 3.8) is 0 Å². The summed E-state index contributed by atoms with van der Waals surface area (Å²) in [6, 6.07) is 6.04. The number of nitro benzene ring substituents is 1. The van der Waals surface area contributed by atoms with E-state index in [-0.39, 0.29) is 5.69 Å². The Labute approximate surface area is 98.2 Å². The predicted octanol–water partition coefficient (Wildman–Crippen LogP) is 1.99. The van der Waals surface area contributed by atoms with Crippen molar-refractivity contribution in [2.75, 3.05) is 0 Å². The van der Waals surface area contributed by atoms with Gasteiger partial charge in [-0.05, 0) is 34.7 Å². The molecule has 1 aromatic heterocycles. The van der Waals surface area contributed by atoms with Crippen LogP contribution in [0.4, 0.5) is 5.69 Å². The molecule has 0 radical (unpaired) electrons. The Hall–Kier alpha value is -1.44. The van der Waals surface area contributed by atoms with Crippen molar-refractivity contribution >= 4 is 39.2 Å². The number of nitrogens with zero attached hydrogens (tertiary/aromatic N) is 2. The van der Waals surface area contributed by atoms with Crippen LogP contribution in [-0.2, 0) is 0 Å². The van der Waals surface area contributed by atoms with Gasteiger partial charge in [-0.2, -0.15) is 4.73 Å². The highest BCUT2D eigenvalue weighted by Gasteiger charge is 2.18. The molecule has 0 aliphatic heterocycles. The van der Waals surface area contributed by atoms with E-state index >= 15 is 0 Å². The molecule has 5 nitrogen and oxygen atoms in total. The molecule has 0 bridgehead atoms. The highest BCUT2D eigenvalue weighted by Crippen LogP contribution is 2.26. The van der Waals surface area contributed by atoms with Crippen LogP contribution in [-0.4, -0.2) is 4.92 Å². The van der Waals surface area contributed by atoms with Crippen LogP contribution in [0.3, 0.4) is 0 Å². The van der Waals surface area contributed by atoms with Gasteiger partial charge in [0.25, 0.3) is 5.69 Å². The lowest BCUT2D eigenvalue weighted by Crippen LogP contribution is -2.26. The average molecular weight is 316 g/mol. The van der Waals surface area contributed by atoms with Crippen molar-refractivity contribution in [1.82, 2.24) is 0 Å². The standard InChI is InChI=1S/C9H5IN2O3/c10-7-3-4-8(12(14)15)6-2-1-5-11(13)9(6)7/h1-5H. The topological polar surface area (TPSA) is 70.1 Å². The minimum Gasteiger partial charge on any atom is -0.618 e. The lowest BCUT2D eigenvalue weighted by molar-refractivity contribution is -0.577. The molecule has 6 heteroatoms. The smallest absolute Gasteiger partial charge is 0.283 e. The number of rotatable bonds is 1. The summed E-state index contributed by atoms with van der Waals surface area (Å²) < 4.78 is 1.34. The molecule has 0 aliphatic rings.